The SMILES string of the molecule is CC(C)CNc1c(CN)c(-c2ccc(Cl)cc2Cl)cn2c(N3CCOCC3)cnc12.CC(N)c1cc2nccn2cc1-c1ccc(Cl)cc1Cl.CCC(N)c1cc2nccn2cc1-c1ccc(Cl)cc1Cl.NCc1c(-c2ccc(Cl)cc2Cl)cn2c(N3CCOCC3)cnc2c1N. The molecule has 0 spiro atoms. The number of anilines is 4. The average Bonchev–Trinajstić information content (AvgIpc) is 1.79. The number of morpholine rings is 2. The van der Waals surface area contributed by atoms with E-state index in [-0.39, 0.29) is 18.6 Å². The van der Waals surface area contributed by atoms with Gasteiger partial charge in [0.15, 0.2) is 11.3 Å². The summed E-state index contributed by atoms with van der Waals surface area (Å²) in [6.45, 7) is 15.9. The van der Waals surface area contributed by atoms with Crippen molar-refractivity contribution in [3.05, 3.63) is 209 Å². The summed E-state index contributed by atoms with van der Waals surface area (Å²) in [5.41, 5.74) is 47.1. The molecule has 2 saturated heterocycles. The summed E-state index contributed by atoms with van der Waals surface area (Å²) in [6, 6.07) is 25.8. The van der Waals surface area contributed by atoms with Crippen LogP contribution in [-0.2, 0) is 22.6 Å². The minimum absolute atomic E-state index is 0.0616. The molecule has 0 bridgehead atoms. The van der Waals surface area contributed by atoms with Crippen molar-refractivity contribution in [2.24, 2.45) is 28.9 Å². The Kier molecular flexibility index (Phi) is 23.4. The highest BCUT2D eigenvalue weighted by Gasteiger charge is 2.25. The van der Waals surface area contributed by atoms with Crippen molar-refractivity contribution in [3.63, 3.8) is 0 Å². The number of nitrogens with one attached hydrogen (secondary N) is 1. The average molecular weight is 1470 g/mol. The Bertz CT molecular complexity index is 4770. The number of aromatic nitrogens is 8. The van der Waals surface area contributed by atoms with Crippen LogP contribution in [0.4, 0.5) is 23.0 Å². The molecule has 4 aromatic carbocycles. The van der Waals surface area contributed by atoms with Crippen LogP contribution in [0.1, 0.15) is 68.5 Å². The second-order valence-corrected chi connectivity index (χ2v) is 27.2. The van der Waals surface area contributed by atoms with Crippen molar-refractivity contribution in [2.75, 3.05) is 80.0 Å². The van der Waals surface area contributed by atoms with Gasteiger partial charge in [-0.05, 0) is 91.1 Å². The molecule has 2 atom stereocenters. The van der Waals surface area contributed by atoms with Crippen LogP contribution in [0.15, 0.2) is 147 Å². The third-order valence-electron chi connectivity index (χ3n) is 16.9. The molecule has 0 saturated carbocycles. The maximum atomic E-state index is 6.59. The van der Waals surface area contributed by atoms with Crippen LogP contribution in [0.3, 0.4) is 0 Å². The predicted molar refractivity (Wildman–Crippen MR) is 402 cm³/mol. The zero-order valence-electron chi connectivity index (χ0n) is 53.8. The van der Waals surface area contributed by atoms with Gasteiger partial charge in [0, 0.05) is 203 Å². The minimum atomic E-state index is -0.113. The van der Waals surface area contributed by atoms with E-state index in [0.29, 0.717) is 90.4 Å². The quantitative estimate of drug-likeness (QED) is 0.0594. The largest absolute Gasteiger partial charge is 0.395 e. The lowest BCUT2D eigenvalue weighted by atomic mass is 9.96. The molecule has 14 rings (SSSR count). The summed E-state index contributed by atoms with van der Waals surface area (Å²) in [4.78, 5) is 22.4. The van der Waals surface area contributed by atoms with Gasteiger partial charge < -0.3 is 62.1 Å². The number of pyridine rings is 4. The van der Waals surface area contributed by atoms with Gasteiger partial charge in [0.05, 0.1) is 50.2 Å². The first-order chi connectivity index (χ1) is 46.7. The Morgan fingerprint density at radius 3 is 1.31 bits per heavy atom. The fraction of sp³-hybridized carbons (Fsp3) is 0.268. The third-order valence-corrected chi connectivity index (χ3v) is 19.1. The topological polar surface area (TPSA) is 236 Å². The normalized spacial score (nSPS) is 13.9. The third kappa shape index (κ3) is 15.8. The van der Waals surface area contributed by atoms with E-state index < -0.39 is 0 Å². The summed E-state index contributed by atoms with van der Waals surface area (Å²) in [6.07, 6.45) is 20.0. The second-order valence-electron chi connectivity index (χ2n) is 23.8. The highest BCUT2D eigenvalue weighted by atomic mass is 35.5. The first-order valence-corrected chi connectivity index (χ1v) is 34.6. The molecule has 2 unspecified atom stereocenters. The van der Waals surface area contributed by atoms with Gasteiger partial charge >= 0.3 is 0 Å². The standard InChI is InChI=1S/C22H27Cl2N5O.C18H19Cl2N5O.C16H15Cl2N3.C15H13Cl2N3/c1-14(2)11-26-21-17(10-25)18(16-4-3-15(23)9-19(16)24)13-29-20(12-27-22(21)29)28-5-7-30-8-6-28;19-11-1-2-12(15(20)7-11)14-10-25-16(24-3-5-26-6-4-24)9-23-18(25)17(22)13(14)8-21;1-2-15(19)12-8-16-20-5-6-21(16)9-13(12)11-4-3-10(17)7-14(11)18;1-9(18)12-7-15-19-4-5-20(15)8-13(12)11-3-2-10(16)6-14(11)17/h3-4,9,12-14,26H,5-8,10-11,25H2,1-2H3;1-2,7,9-10H,3-6,8,21-22H2;3-9,15H,2,19H2,1H3;2-9H,18H2,1H3. The van der Waals surface area contributed by atoms with E-state index in [0.717, 1.165) is 140 Å². The molecule has 18 nitrogen and oxygen atoms in total. The highest BCUT2D eigenvalue weighted by molar-refractivity contribution is 6.38. The maximum absolute atomic E-state index is 6.59. The van der Waals surface area contributed by atoms with Gasteiger partial charge in [0.25, 0.3) is 0 Å². The lowest BCUT2D eigenvalue weighted by Gasteiger charge is -2.28. The molecule has 2 fully saturated rings. The molecule has 2 aliphatic rings. The smallest absolute Gasteiger partial charge is 0.162 e. The van der Waals surface area contributed by atoms with Crippen molar-refractivity contribution in [3.8, 4) is 44.5 Å². The number of benzene rings is 4. The minimum Gasteiger partial charge on any atom is -0.395 e. The molecule has 97 heavy (non-hydrogen) atoms. The van der Waals surface area contributed by atoms with Gasteiger partial charge in [-0.15, -0.1) is 0 Å². The van der Waals surface area contributed by atoms with Gasteiger partial charge in [-0.25, -0.2) is 19.9 Å². The van der Waals surface area contributed by atoms with E-state index in [4.69, 9.17) is 136 Å². The summed E-state index contributed by atoms with van der Waals surface area (Å²) >= 11 is 49.8. The maximum Gasteiger partial charge on any atom is 0.162 e. The first-order valence-electron chi connectivity index (χ1n) is 31.6. The number of hydrogen-bond donors (Lipinski definition) is 6. The zero-order chi connectivity index (χ0) is 68.8. The fourth-order valence-corrected chi connectivity index (χ4v) is 13.9. The van der Waals surface area contributed by atoms with Crippen LogP contribution in [-0.4, -0.2) is 96.7 Å². The zero-order valence-corrected chi connectivity index (χ0v) is 59.8. The van der Waals surface area contributed by atoms with Gasteiger partial charge in [0.2, 0.25) is 0 Å². The van der Waals surface area contributed by atoms with E-state index >= 15 is 0 Å². The van der Waals surface area contributed by atoms with Crippen molar-refractivity contribution in [1.29, 1.82) is 0 Å². The number of imidazole rings is 4. The summed E-state index contributed by atoms with van der Waals surface area (Å²) in [7, 11) is 0. The number of fused-ring (bicyclic) bond motifs is 4. The Balaban J connectivity index is 0.000000133. The Morgan fingerprint density at radius 1 is 0.495 bits per heavy atom. The monoisotopic (exact) mass is 1460 g/mol. The number of nitrogens with two attached hydrogens (primary N) is 5. The van der Waals surface area contributed by atoms with Crippen molar-refractivity contribution >= 4 is 138 Å². The van der Waals surface area contributed by atoms with Crippen LogP contribution in [0.2, 0.25) is 40.2 Å². The van der Waals surface area contributed by atoms with E-state index in [1.54, 1.807) is 42.7 Å². The molecule has 8 aromatic heterocycles. The van der Waals surface area contributed by atoms with E-state index in [2.05, 4.69) is 61.4 Å². The first kappa shape index (κ1) is 71.2. The number of rotatable bonds is 14. The number of ether oxygens (including phenoxy) is 2. The lowest BCUT2D eigenvalue weighted by molar-refractivity contribution is 0.122. The van der Waals surface area contributed by atoms with Crippen LogP contribution >= 0.6 is 92.8 Å². The lowest BCUT2D eigenvalue weighted by Crippen LogP contribution is -2.36. The predicted octanol–water partition coefficient (Wildman–Crippen LogP) is 16.9. The molecule has 11 N–H and O–H groups in total. The van der Waals surface area contributed by atoms with E-state index in [9.17, 15) is 0 Å². The van der Waals surface area contributed by atoms with Crippen molar-refractivity contribution < 1.29 is 9.47 Å². The van der Waals surface area contributed by atoms with Gasteiger partial charge in [-0.3, -0.25) is 8.80 Å². The van der Waals surface area contributed by atoms with Crippen LogP contribution in [0.5, 0.6) is 0 Å². The fourth-order valence-electron chi connectivity index (χ4n) is 11.9. The molecule has 10 heterocycles. The summed E-state index contributed by atoms with van der Waals surface area (Å²) < 4.78 is 19.0. The van der Waals surface area contributed by atoms with Crippen LogP contribution in [0, 0.1) is 5.92 Å². The molecular formula is C71H74Cl8N16O2. The molecule has 2 aliphatic heterocycles. The molecule has 12 aromatic rings. The molecule has 26 heteroatoms. The molecule has 506 valence electrons. The second kappa shape index (κ2) is 31.8. The van der Waals surface area contributed by atoms with Crippen LogP contribution in [0.25, 0.3) is 67.1 Å². The Labute approximate surface area is 603 Å². The Morgan fingerprint density at radius 2 is 0.897 bits per heavy atom. The van der Waals surface area contributed by atoms with E-state index in [1.165, 1.54) is 0 Å². The van der Waals surface area contributed by atoms with Gasteiger partial charge in [-0.1, -0.05) is 138 Å². The Hall–Kier alpha value is -7.08. The number of hydrogen-bond acceptors (Lipinski definition) is 14. The molecular weight excluding hydrogens is 1390 g/mol. The van der Waals surface area contributed by atoms with Gasteiger partial charge in [0.1, 0.15) is 22.9 Å². The van der Waals surface area contributed by atoms with E-state index in [1.807, 2.05) is 118 Å². The molecule has 0 amide bonds. The van der Waals surface area contributed by atoms with Crippen molar-refractivity contribution in [2.45, 2.75) is 59.3 Å². The summed E-state index contributed by atoms with van der Waals surface area (Å²) in [5, 5.41) is 8.39. The molecule has 0 aliphatic carbocycles. The van der Waals surface area contributed by atoms with Crippen LogP contribution < -0.4 is 43.8 Å². The number of nitrogens with zero attached hydrogens (tertiary/aromatic N) is 10. The summed E-state index contributed by atoms with van der Waals surface area (Å²) in [5.74, 6) is 2.49. The highest BCUT2D eigenvalue weighted by Crippen LogP contribution is 2.42. The number of nitrogen functional groups attached to an aromatic ring is 1. The number of halogens is 8. The van der Waals surface area contributed by atoms with Crippen molar-refractivity contribution in [1.82, 2.24) is 37.5 Å². The van der Waals surface area contributed by atoms with Gasteiger partial charge in [-0.2, -0.15) is 0 Å². The molecule has 0 radical (unpaired) electrons.